The van der Waals surface area contributed by atoms with Gasteiger partial charge in [0.15, 0.2) is 0 Å². The summed E-state index contributed by atoms with van der Waals surface area (Å²) in [5, 5.41) is 9.75. The molecular weight excluding hydrogens is 359 g/mol. The van der Waals surface area contributed by atoms with Crippen LogP contribution < -0.4 is 27.2 Å². The van der Waals surface area contributed by atoms with Crippen LogP contribution in [0.1, 0.15) is 11.1 Å². The molecular formula is C15H17BN4O5S. The van der Waals surface area contributed by atoms with Crippen molar-refractivity contribution < 1.29 is 22.9 Å². The molecule has 0 radical (unpaired) electrons. The molecule has 0 aromatic heterocycles. The molecule has 2 aromatic carbocycles. The van der Waals surface area contributed by atoms with Crippen molar-refractivity contribution in [3.05, 3.63) is 47.5 Å². The SMILES string of the molecule is NNC(=O)Cc1cc(N)ccc1S(=O)(=O)Nc1ccc2c(c1)B(O)OC2. The number of nitrogens with two attached hydrogens (primary N) is 2. The number of fused-ring (bicyclic) bond motifs is 1. The molecule has 0 spiro atoms. The quantitative estimate of drug-likeness (QED) is 0.145. The van der Waals surface area contributed by atoms with E-state index in [0.717, 1.165) is 5.56 Å². The number of amides is 1. The summed E-state index contributed by atoms with van der Waals surface area (Å²) in [5.74, 6) is 4.52. The number of nitrogens with one attached hydrogen (secondary N) is 2. The smallest absolute Gasteiger partial charge is 0.423 e. The lowest BCUT2D eigenvalue weighted by Crippen LogP contribution is -2.32. The Labute approximate surface area is 150 Å². The van der Waals surface area contributed by atoms with E-state index in [1.807, 2.05) is 5.43 Å². The Balaban J connectivity index is 1.94. The van der Waals surface area contributed by atoms with E-state index in [9.17, 15) is 18.2 Å². The summed E-state index contributed by atoms with van der Waals surface area (Å²) in [6.45, 7) is 0.264. The van der Waals surface area contributed by atoms with Gasteiger partial charge in [-0.1, -0.05) is 6.07 Å². The van der Waals surface area contributed by atoms with E-state index in [2.05, 4.69) is 4.72 Å². The topological polar surface area (TPSA) is 157 Å². The molecule has 0 saturated heterocycles. The predicted octanol–water partition coefficient (Wildman–Crippen LogP) is -1.18. The highest BCUT2D eigenvalue weighted by atomic mass is 32.2. The highest BCUT2D eigenvalue weighted by Gasteiger charge is 2.28. The lowest BCUT2D eigenvalue weighted by Gasteiger charge is -2.13. The summed E-state index contributed by atoms with van der Waals surface area (Å²) in [6, 6.07) is 8.91. The third kappa shape index (κ3) is 3.65. The summed E-state index contributed by atoms with van der Waals surface area (Å²) >= 11 is 0. The lowest BCUT2D eigenvalue weighted by atomic mass is 9.79. The molecule has 0 unspecified atom stereocenters. The van der Waals surface area contributed by atoms with Crippen molar-refractivity contribution in [2.24, 2.45) is 5.84 Å². The zero-order valence-corrected chi connectivity index (χ0v) is 14.4. The van der Waals surface area contributed by atoms with E-state index in [1.165, 1.54) is 24.3 Å². The molecule has 11 heteroatoms. The van der Waals surface area contributed by atoms with E-state index < -0.39 is 23.0 Å². The van der Waals surface area contributed by atoms with Gasteiger partial charge in [-0.15, -0.1) is 0 Å². The molecule has 0 saturated carbocycles. The number of anilines is 2. The predicted molar refractivity (Wildman–Crippen MR) is 96.5 cm³/mol. The van der Waals surface area contributed by atoms with Crippen molar-refractivity contribution in [3.8, 4) is 0 Å². The zero-order valence-electron chi connectivity index (χ0n) is 13.6. The monoisotopic (exact) mass is 376 g/mol. The Morgan fingerprint density at radius 2 is 2.04 bits per heavy atom. The van der Waals surface area contributed by atoms with Gasteiger partial charge in [0.2, 0.25) is 5.91 Å². The van der Waals surface area contributed by atoms with E-state index in [0.29, 0.717) is 11.2 Å². The second kappa shape index (κ2) is 6.96. The van der Waals surface area contributed by atoms with Gasteiger partial charge in [0.1, 0.15) is 0 Å². The number of hydrazine groups is 1. The van der Waals surface area contributed by atoms with Crippen molar-refractivity contribution in [2.75, 3.05) is 10.5 Å². The molecule has 0 bridgehead atoms. The van der Waals surface area contributed by atoms with Crippen LogP contribution in [0.3, 0.4) is 0 Å². The van der Waals surface area contributed by atoms with Gasteiger partial charge in [-0.3, -0.25) is 14.9 Å². The van der Waals surface area contributed by atoms with Crippen LogP contribution in [0.4, 0.5) is 11.4 Å². The number of benzene rings is 2. The first-order chi connectivity index (χ1) is 12.3. The van der Waals surface area contributed by atoms with Gasteiger partial charge in [-0.05, 0) is 46.9 Å². The third-order valence-electron chi connectivity index (χ3n) is 3.95. The first-order valence-corrected chi connectivity index (χ1v) is 9.11. The highest BCUT2D eigenvalue weighted by molar-refractivity contribution is 7.92. The molecule has 7 N–H and O–H groups in total. The van der Waals surface area contributed by atoms with E-state index in [-0.39, 0.29) is 29.2 Å². The van der Waals surface area contributed by atoms with Crippen LogP contribution in [-0.4, -0.2) is 26.5 Å². The van der Waals surface area contributed by atoms with Crippen molar-refractivity contribution in [3.63, 3.8) is 0 Å². The molecule has 1 aliphatic heterocycles. The average Bonchev–Trinajstić information content (AvgIpc) is 2.95. The number of rotatable bonds is 5. The summed E-state index contributed by atoms with van der Waals surface area (Å²) < 4.78 is 33.1. The molecule has 0 aliphatic carbocycles. The van der Waals surface area contributed by atoms with Crippen molar-refractivity contribution in [1.29, 1.82) is 0 Å². The van der Waals surface area contributed by atoms with Crippen LogP contribution in [0, 0.1) is 0 Å². The minimum Gasteiger partial charge on any atom is -0.423 e. The first-order valence-electron chi connectivity index (χ1n) is 7.63. The average molecular weight is 376 g/mol. The maximum Gasteiger partial charge on any atom is 0.491 e. The molecule has 0 atom stereocenters. The van der Waals surface area contributed by atoms with E-state index in [1.54, 1.807) is 12.1 Å². The molecule has 1 heterocycles. The van der Waals surface area contributed by atoms with Gasteiger partial charge in [0.05, 0.1) is 17.9 Å². The number of sulfonamides is 1. The maximum atomic E-state index is 12.8. The van der Waals surface area contributed by atoms with Crippen LogP contribution in [0.5, 0.6) is 0 Å². The first kappa shape index (κ1) is 18.2. The molecule has 26 heavy (non-hydrogen) atoms. The second-order valence-corrected chi connectivity index (χ2v) is 7.44. The molecule has 1 amide bonds. The zero-order chi connectivity index (χ0) is 18.9. The van der Waals surface area contributed by atoms with Gasteiger partial charge < -0.3 is 15.4 Å². The number of carbonyl (C=O) groups is 1. The molecule has 2 aromatic rings. The maximum absolute atomic E-state index is 12.8. The Kier molecular flexibility index (Phi) is 4.87. The summed E-state index contributed by atoms with van der Waals surface area (Å²) in [6.07, 6.45) is -0.242. The van der Waals surface area contributed by atoms with Crippen LogP contribution in [0.2, 0.25) is 0 Å². The second-order valence-electron chi connectivity index (χ2n) is 5.79. The van der Waals surface area contributed by atoms with Gasteiger partial charge in [-0.2, -0.15) is 0 Å². The van der Waals surface area contributed by atoms with E-state index >= 15 is 0 Å². The number of carbonyl (C=O) groups excluding carboxylic acids is 1. The fourth-order valence-corrected chi connectivity index (χ4v) is 3.98. The van der Waals surface area contributed by atoms with Crippen LogP contribution in [0.15, 0.2) is 41.3 Å². The van der Waals surface area contributed by atoms with Crippen molar-refractivity contribution in [1.82, 2.24) is 5.43 Å². The lowest BCUT2D eigenvalue weighted by molar-refractivity contribution is -0.120. The Morgan fingerprint density at radius 1 is 1.27 bits per heavy atom. The van der Waals surface area contributed by atoms with Gasteiger partial charge >= 0.3 is 7.12 Å². The molecule has 1 aliphatic rings. The standard InChI is InChI=1S/C15H17BN4O5S/c17-11-2-4-14(10(5-11)6-15(21)19-18)26(23,24)20-12-3-1-9-8-25-16(22)13(9)7-12/h1-5,7,20,22H,6,8,17-18H2,(H,19,21). The highest BCUT2D eigenvalue weighted by Crippen LogP contribution is 2.23. The van der Waals surface area contributed by atoms with Crippen LogP contribution in [0.25, 0.3) is 0 Å². The summed E-state index contributed by atoms with van der Waals surface area (Å²) in [4.78, 5) is 11.5. The fraction of sp³-hybridized carbons (Fsp3) is 0.133. The minimum atomic E-state index is -4.00. The summed E-state index contributed by atoms with van der Waals surface area (Å²) in [5.41, 5.74) is 9.74. The molecule has 136 valence electrons. The Bertz CT molecular complexity index is 967. The van der Waals surface area contributed by atoms with Gasteiger partial charge in [-0.25, -0.2) is 14.3 Å². The van der Waals surface area contributed by atoms with Crippen LogP contribution in [-0.2, 0) is 32.5 Å². The normalized spacial score (nSPS) is 13.4. The van der Waals surface area contributed by atoms with Gasteiger partial charge in [0, 0.05) is 11.4 Å². The van der Waals surface area contributed by atoms with E-state index in [4.69, 9.17) is 16.2 Å². The number of hydrogen-bond donors (Lipinski definition) is 5. The molecule has 9 nitrogen and oxygen atoms in total. The van der Waals surface area contributed by atoms with Gasteiger partial charge in [0.25, 0.3) is 10.0 Å². The number of hydrogen-bond acceptors (Lipinski definition) is 7. The third-order valence-corrected chi connectivity index (χ3v) is 5.43. The van der Waals surface area contributed by atoms with Crippen molar-refractivity contribution >= 4 is 39.9 Å². The molecule has 3 rings (SSSR count). The largest absolute Gasteiger partial charge is 0.491 e. The summed E-state index contributed by atoms with van der Waals surface area (Å²) in [7, 11) is -5.09. The Morgan fingerprint density at radius 3 is 2.77 bits per heavy atom. The van der Waals surface area contributed by atoms with Crippen molar-refractivity contribution in [2.45, 2.75) is 17.9 Å². The number of nitrogen functional groups attached to an aromatic ring is 1. The molecule has 0 fully saturated rings. The van der Waals surface area contributed by atoms with Crippen LogP contribution >= 0.6 is 0 Å². The Hall–Kier alpha value is -2.60. The fourth-order valence-electron chi connectivity index (χ4n) is 2.71. The minimum absolute atomic E-state index is 0.0902.